The molecule has 0 fully saturated rings. The number of benzene rings is 1. The van der Waals surface area contributed by atoms with Crippen LogP contribution in [0.15, 0.2) is 10.5 Å². The van der Waals surface area contributed by atoms with E-state index in [-0.39, 0.29) is 6.54 Å². The van der Waals surface area contributed by atoms with Crippen LogP contribution >= 0.6 is 15.9 Å². The average Bonchev–Trinajstić information content (AvgIpc) is 2.64. The maximum Gasteiger partial charge on any atom is 0.312 e. The third-order valence-corrected chi connectivity index (χ3v) is 3.66. The highest BCUT2D eigenvalue weighted by atomic mass is 79.9. The van der Waals surface area contributed by atoms with Crippen LogP contribution < -0.4 is 19.9 Å². The van der Waals surface area contributed by atoms with Crippen molar-refractivity contribution in [2.45, 2.75) is 12.3 Å². The van der Waals surface area contributed by atoms with E-state index in [1.807, 2.05) is 0 Å². The van der Waals surface area contributed by atoms with Crippen molar-refractivity contribution in [2.24, 2.45) is 5.73 Å². The molecule has 3 N–H and O–H groups in total. The summed E-state index contributed by atoms with van der Waals surface area (Å²) >= 11 is 3.36. The fourth-order valence-electron chi connectivity index (χ4n) is 2.15. The van der Waals surface area contributed by atoms with Crippen molar-refractivity contribution in [3.05, 3.63) is 16.1 Å². The van der Waals surface area contributed by atoms with Crippen LogP contribution in [0.5, 0.6) is 17.2 Å². The van der Waals surface area contributed by atoms with Crippen molar-refractivity contribution in [1.29, 1.82) is 0 Å². The number of aliphatic carboxylic acids is 1. The van der Waals surface area contributed by atoms with Gasteiger partial charge >= 0.3 is 5.97 Å². The van der Waals surface area contributed by atoms with Gasteiger partial charge in [0.1, 0.15) is 11.7 Å². The van der Waals surface area contributed by atoms with E-state index in [1.54, 1.807) is 6.07 Å². The minimum Gasteiger partial charge on any atom is -0.495 e. The third-order valence-electron chi connectivity index (χ3n) is 3.07. The summed E-state index contributed by atoms with van der Waals surface area (Å²) in [5, 5.41) is 9.36. The van der Waals surface area contributed by atoms with E-state index in [1.165, 1.54) is 7.11 Å². The van der Waals surface area contributed by atoms with Crippen LogP contribution in [0.3, 0.4) is 0 Å². The van der Waals surface area contributed by atoms with Crippen LogP contribution in [-0.2, 0) is 4.79 Å². The number of halogens is 1. The second kappa shape index (κ2) is 6.32. The molecule has 1 aromatic rings. The van der Waals surface area contributed by atoms with Gasteiger partial charge in [-0.05, 0) is 15.9 Å². The minimum atomic E-state index is -1.03. The van der Waals surface area contributed by atoms with Crippen LogP contribution in [0.25, 0.3) is 0 Å². The molecule has 1 atom stereocenters. The van der Waals surface area contributed by atoms with Gasteiger partial charge in [-0.3, -0.25) is 4.79 Å². The summed E-state index contributed by atoms with van der Waals surface area (Å²) in [6.07, 6.45) is 0.731. The van der Waals surface area contributed by atoms with Gasteiger partial charge < -0.3 is 25.1 Å². The third kappa shape index (κ3) is 2.69. The molecule has 2 rings (SSSR count). The van der Waals surface area contributed by atoms with E-state index < -0.39 is 11.9 Å². The first kappa shape index (κ1) is 14.9. The van der Waals surface area contributed by atoms with Crippen LogP contribution in [0, 0.1) is 0 Å². The van der Waals surface area contributed by atoms with Gasteiger partial charge in [0.2, 0.25) is 0 Å². The standard InChI is InChI=1S/C13H16BrNO5/c1-18-11-8(14)5-9-12(20-4-2-3-19-9)10(11)7(6-15)13(16)17/h5,7H,2-4,6,15H2,1H3,(H,16,17). The van der Waals surface area contributed by atoms with Gasteiger partial charge in [-0.15, -0.1) is 0 Å². The van der Waals surface area contributed by atoms with E-state index in [0.717, 1.165) is 6.42 Å². The number of carboxylic acids is 1. The van der Waals surface area contributed by atoms with Gasteiger partial charge in [-0.25, -0.2) is 0 Å². The van der Waals surface area contributed by atoms with Crippen LogP contribution in [0.4, 0.5) is 0 Å². The van der Waals surface area contributed by atoms with Gasteiger partial charge in [-0.2, -0.15) is 0 Å². The summed E-state index contributed by atoms with van der Waals surface area (Å²) in [5.41, 5.74) is 6.01. The topological polar surface area (TPSA) is 91.0 Å². The van der Waals surface area contributed by atoms with E-state index in [9.17, 15) is 9.90 Å². The lowest BCUT2D eigenvalue weighted by Crippen LogP contribution is -2.22. The van der Waals surface area contributed by atoms with E-state index in [0.29, 0.717) is 40.5 Å². The zero-order chi connectivity index (χ0) is 14.7. The first-order valence-corrected chi connectivity index (χ1v) is 6.98. The molecule has 110 valence electrons. The Morgan fingerprint density at radius 3 is 2.85 bits per heavy atom. The number of nitrogens with two attached hydrogens (primary N) is 1. The number of carboxylic acid groups (broad SMARTS) is 1. The average molecular weight is 346 g/mol. The molecule has 0 radical (unpaired) electrons. The first-order valence-electron chi connectivity index (χ1n) is 6.19. The molecule has 1 aliphatic heterocycles. The number of hydrogen-bond acceptors (Lipinski definition) is 5. The second-order valence-corrected chi connectivity index (χ2v) is 5.16. The molecule has 0 saturated carbocycles. The molecule has 1 aliphatic rings. The Morgan fingerprint density at radius 2 is 2.25 bits per heavy atom. The zero-order valence-electron chi connectivity index (χ0n) is 11.0. The maximum atomic E-state index is 11.4. The Hall–Kier alpha value is -1.47. The molecule has 0 saturated heterocycles. The van der Waals surface area contributed by atoms with Crippen molar-refractivity contribution in [2.75, 3.05) is 26.9 Å². The molecular weight excluding hydrogens is 330 g/mol. The molecule has 6 nitrogen and oxygen atoms in total. The van der Waals surface area contributed by atoms with Crippen molar-refractivity contribution < 1.29 is 24.1 Å². The van der Waals surface area contributed by atoms with Crippen molar-refractivity contribution in [1.82, 2.24) is 0 Å². The highest BCUT2D eigenvalue weighted by Gasteiger charge is 2.31. The fourth-order valence-corrected chi connectivity index (χ4v) is 2.73. The number of rotatable bonds is 4. The summed E-state index contributed by atoms with van der Waals surface area (Å²) in [6.45, 7) is 0.922. The Morgan fingerprint density at radius 1 is 1.55 bits per heavy atom. The van der Waals surface area contributed by atoms with Crippen LogP contribution in [0.1, 0.15) is 17.9 Å². The highest BCUT2D eigenvalue weighted by Crippen LogP contribution is 2.47. The first-order chi connectivity index (χ1) is 9.60. The van der Waals surface area contributed by atoms with E-state index in [4.69, 9.17) is 19.9 Å². The molecule has 0 aromatic heterocycles. The molecule has 20 heavy (non-hydrogen) atoms. The largest absolute Gasteiger partial charge is 0.495 e. The van der Waals surface area contributed by atoms with Crippen molar-refractivity contribution >= 4 is 21.9 Å². The van der Waals surface area contributed by atoms with E-state index in [2.05, 4.69) is 15.9 Å². The van der Waals surface area contributed by atoms with Gasteiger partial charge in [0.05, 0.1) is 30.4 Å². The SMILES string of the molecule is COc1c(Br)cc2c(c1C(CN)C(=O)O)OCCCO2. The predicted molar refractivity (Wildman–Crippen MR) is 75.7 cm³/mol. The molecule has 0 amide bonds. The number of carbonyl (C=O) groups is 1. The number of methoxy groups -OCH3 is 1. The van der Waals surface area contributed by atoms with Gasteiger partial charge in [0.15, 0.2) is 11.5 Å². The summed E-state index contributed by atoms with van der Waals surface area (Å²) in [5.74, 6) is -0.630. The Balaban J connectivity index is 2.67. The minimum absolute atomic E-state index is 0.0576. The van der Waals surface area contributed by atoms with Crippen LogP contribution in [0.2, 0.25) is 0 Å². The summed E-state index contributed by atoms with van der Waals surface area (Å²) in [7, 11) is 1.48. The molecule has 1 aromatic carbocycles. The normalized spacial score (nSPS) is 15.3. The number of ether oxygens (including phenoxy) is 3. The summed E-state index contributed by atoms with van der Waals surface area (Å²) in [6, 6.07) is 1.72. The van der Waals surface area contributed by atoms with Crippen LogP contribution in [-0.4, -0.2) is 37.9 Å². The molecule has 1 unspecified atom stereocenters. The monoisotopic (exact) mass is 345 g/mol. The number of hydrogen-bond donors (Lipinski definition) is 2. The predicted octanol–water partition coefficient (Wildman–Crippen LogP) is 1.75. The Labute approximate surface area is 124 Å². The molecule has 0 bridgehead atoms. The maximum absolute atomic E-state index is 11.4. The molecule has 0 aliphatic carbocycles. The second-order valence-electron chi connectivity index (χ2n) is 4.31. The smallest absolute Gasteiger partial charge is 0.312 e. The molecule has 0 spiro atoms. The van der Waals surface area contributed by atoms with E-state index >= 15 is 0 Å². The fraction of sp³-hybridized carbons (Fsp3) is 0.462. The lowest BCUT2D eigenvalue weighted by molar-refractivity contribution is -0.138. The van der Waals surface area contributed by atoms with Gasteiger partial charge in [0.25, 0.3) is 0 Å². The molecule has 7 heteroatoms. The highest BCUT2D eigenvalue weighted by molar-refractivity contribution is 9.10. The van der Waals surface area contributed by atoms with Gasteiger partial charge in [-0.1, -0.05) is 0 Å². The lowest BCUT2D eigenvalue weighted by Gasteiger charge is -2.21. The summed E-state index contributed by atoms with van der Waals surface area (Å²) in [4.78, 5) is 11.4. The molecular formula is C13H16BrNO5. The quantitative estimate of drug-likeness (QED) is 0.863. The van der Waals surface area contributed by atoms with Crippen molar-refractivity contribution in [3.63, 3.8) is 0 Å². The number of fused-ring (bicyclic) bond motifs is 1. The Bertz CT molecular complexity index is 520. The van der Waals surface area contributed by atoms with Gasteiger partial charge in [0, 0.05) is 19.0 Å². The summed E-state index contributed by atoms with van der Waals surface area (Å²) < 4.78 is 17.2. The van der Waals surface area contributed by atoms with Crippen molar-refractivity contribution in [3.8, 4) is 17.2 Å². The lowest BCUT2D eigenvalue weighted by atomic mass is 9.96. The molecule has 1 heterocycles. The zero-order valence-corrected chi connectivity index (χ0v) is 12.6. The Kier molecular flexibility index (Phi) is 4.72.